The van der Waals surface area contributed by atoms with Crippen molar-refractivity contribution in [3.05, 3.63) is 24.2 Å². The van der Waals surface area contributed by atoms with Crippen molar-refractivity contribution in [3.8, 4) is 0 Å². The van der Waals surface area contributed by atoms with Crippen molar-refractivity contribution in [1.29, 1.82) is 0 Å². The van der Waals surface area contributed by atoms with Gasteiger partial charge in [-0.1, -0.05) is 13.8 Å². The summed E-state index contributed by atoms with van der Waals surface area (Å²) < 4.78 is 5.36. The van der Waals surface area contributed by atoms with Gasteiger partial charge in [0.1, 0.15) is 5.76 Å². The normalized spacial score (nSPS) is 15.4. The van der Waals surface area contributed by atoms with Gasteiger partial charge in [0.05, 0.1) is 6.26 Å². The highest BCUT2D eigenvalue weighted by Crippen LogP contribution is 2.05. The zero-order valence-corrected chi connectivity index (χ0v) is 17.2. The molecule has 136 valence electrons. The third-order valence-electron chi connectivity index (χ3n) is 3.87. The second kappa shape index (κ2) is 10.6. The maximum absolute atomic E-state index is 11.4. The Kier molecular flexibility index (Phi) is 9.17. The molecule has 7 heteroatoms. The van der Waals surface area contributed by atoms with Crippen molar-refractivity contribution in [2.75, 3.05) is 39.3 Å². The van der Waals surface area contributed by atoms with Crippen molar-refractivity contribution >= 4 is 35.8 Å². The molecule has 1 aromatic heterocycles. The molecular weight excluding hydrogens is 419 g/mol. The molecular formula is C17H29IN4O2. The number of carbonyl (C=O) groups is 1. The van der Waals surface area contributed by atoms with Gasteiger partial charge in [0, 0.05) is 52.6 Å². The van der Waals surface area contributed by atoms with E-state index in [9.17, 15) is 4.79 Å². The van der Waals surface area contributed by atoms with E-state index >= 15 is 0 Å². The summed E-state index contributed by atoms with van der Waals surface area (Å²) in [6, 6.07) is 3.89. The van der Waals surface area contributed by atoms with Crippen LogP contribution in [0, 0.1) is 5.92 Å². The lowest BCUT2D eigenvalue weighted by Crippen LogP contribution is -2.53. The molecule has 1 aliphatic rings. The number of amides is 1. The van der Waals surface area contributed by atoms with E-state index in [0.29, 0.717) is 5.92 Å². The minimum atomic E-state index is 0. The van der Waals surface area contributed by atoms with Crippen LogP contribution < -0.4 is 5.32 Å². The fourth-order valence-electron chi connectivity index (χ4n) is 2.52. The van der Waals surface area contributed by atoms with Gasteiger partial charge >= 0.3 is 0 Å². The molecule has 0 saturated carbocycles. The van der Waals surface area contributed by atoms with E-state index in [-0.39, 0.29) is 29.9 Å². The third-order valence-corrected chi connectivity index (χ3v) is 3.87. The van der Waals surface area contributed by atoms with Crippen molar-refractivity contribution in [2.45, 2.75) is 27.2 Å². The van der Waals surface area contributed by atoms with Gasteiger partial charge in [-0.05, 0) is 18.1 Å². The lowest BCUT2D eigenvalue weighted by molar-refractivity contribution is -0.130. The molecule has 0 unspecified atom stereocenters. The monoisotopic (exact) mass is 448 g/mol. The molecule has 2 rings (SSSR count). The zero-order valence-electron chi connectivity index (χ0n) is 14.8. The Labute approximate surface area is 161 Å². The predicted octanol–water partition coefficient (Wildman–Crippen LogP) is 2.21. The number of furan rings is 1. The molecule has 0 bridgehead atoms. The number of hydrogen-bond acceptors (Lipinski definition) is 3. The number of piperazine rings is 1. The van der Waals surface area contributed by atoms with E-state index in [1.807, 2.05) is 17.0 Å². The largest absolute Gasteiger partial charge is 0.469 e. The summed E-state index contributed by atoms with van der Waals surface area (Å²) in [5.41, 5.74) is 0. The summed E-state index contributed by atoms with van der Waals surface area (Å²) >= 11 is 0. The fraction of sp³-hybridized carbons (Fsp3) is 0.647. The fourth-order valence-corrected chi connectivity index (χ4v) is 2.52. The summed E-state index contributed by atoms with van der Waals surface area (Å²) in [5.74, 6) is 2.59. The summed E-state index contributed by atoms with van der Waals surface area (Å²) in [6.07, 6.45) is 2.53. The molecule has 2 heterocycles. The SMILES string of the molecule is CC(=O)N1CCN(C(=NCC(C)C)NCCc2ccco2)CC1.I. The van der Waals surface area contributed by atoms with Crippen LogP contribution in [0.3, 0.4) is 0 Å². The molecule has 1 amide bonds. The maximum Gasteiger partial charge on any atom is 0.219 e. The second-order valence-corrected chi connectivity index (χ2v) is 6.31. The van der Waals surface area contributed by atoms with Crippen molar-refractivity contribution in [2.24, 2.45) is 10.9 Å². The van der Waals surface area contributed by atoms with Crippen LogP contribution in [0.4, 0.5) is 0 Å². The van der Waals surface area contributed by atoms with Gasteiger partial charge in [0.15, 0.2) is 5.96 Å². The number of hydrogen-bond donors (Lipinski definition) is 1. The van der Waals surface area contributed by atoms with Gasteiger partial charge in [-0.3, -0.25) is 9.79 Å². The van der Waals surface area contributed by atoms with E-state index < -0.39 is 0 Å². The Morgan fingerprint density at radius 1 is 1.29 bits per heavy atom. The second-order valence-electron chi connectivity index (χ2n) is 6.31. The van der Waals surface area contributed by atoms with Crippen LogP contribution in [0.2, 0.25) is 0 Å². The molecule has 1 saturated heterocycles. The molecule has 0 radical (unpaired) electrons. The van der Waals surface area contributed by atoms with Crippen molar-refractivity contribution in [1.82, 2.24) is 15.1 Å². The first-order valence-electron chi connectivity index (χ1n) is 8.37. The van der Waals surface area contributed by atoms with E-state index in [2.05, 4.69) is 24.1 Å². The number of carbonyl (C=O) groups excluding carboxylic acids is 1. The van der Waals surface area contributed by atoms with Crippen LogP contribution in [0.15, 0.2) is 27.8 Å². The highest BCUT2D eigenvalue weighted by molar-refractivity contribution is 14.0. The van der Waals surface area contributed by atoms with Crippen molar-refractivity contribution < 1.29 is 9.21 Å². The Balaban J connectivity index is 0.00000288. The molecule has 6 nitrogen and oxygen atoms in total. The lowest BCUT2D eigenvalue weighted by Gasteiger charge is -2.36. The number of rotatable bonds is 5. The number of guanidine groups is 1. The van der Waals surface area contributed by atoms with Crippen LogP contribution >= 0.6 is 24.0 Å². The van der Waals surface area contributed by atoms with Gasteiger partial charge < -0.3 is 19.5 Å². The van der Waals surface area contributed by atoms with Crippen LogP contribution in [0.25, 0.3) is 0 Å². The van der Waals surface area contributed by atoms with Crippen LogP contribution in [-0.2, 0) is 11.2 Å². The van der Waals surface area contributed by atoms with E-state index in [1.54, 1.807) is 13.2 Å². The average Bonchev–Trinajstić information content (AvgIpc) is 3.04. The maximum atomic E-state index is 11.4. The van der Waals surface area contributed by atoms with Gasteiger partial charge in [-0.2, -0.15) is 0 Å². The van der Waals surface area contributed by atoms with E-state index in [0.717, 1.165) is 57.4 Å². The van der Waals surface area contributed by atoms with Gasteiger partial charge in [-0.15, -0.1) is 24.0 Å². The standard InChI is InChI=1S/C17H28N4O2.HI/c1-14(2)13-19-17(18-7-6-16-5-4-12-23-16)21-10-8-20(9-11-21)15(3)22;/h4-5,12,14H,6-11,13H2,1-3H3,(H,18,19);1H. The molecule has 1 aromatic rings. The summed E-state index contributed by atoms with van der Waals surface area (Å²) in [4.78, 5) is 20.3. The number of aliphatic imine (C=N–C) groups is 1. The molecule has 1 fully saturated rings. The van der Waals surface area contributed by atoms with E-state index in [4.69, 9.17) is 9.41 Å². The minimum Gasteiger partial charge on any atom is -0.469 e. The molecule has 24 heavy (non-hydrogen) atoms. The topological polar surface area (TPSA) is 61.1 Å². The van der Waals surface area contributed by atoms with Crippen LogP contribution in [0.1, 0.15) is 26.5 Å². The number of halogens is 1. The predicted molar refractivity (Wildman–Crippen MR) is 107 cm³/mol. The Hall–Kier alpha value is -1.25. The highest BCUT2D eigenvalue weighted by atomic mass is 127. The lowest BCUT2D eigenvalue weighted by atomic mass is 10.2. The van der Waals surface area contributed by atoms with E-state index in [1.165, 1.54) is 0 Å². The molecule has 0 aromatic carbocycles. The van der Waals surface area contributed by atoms with Crippen molar-refractivity contribution in [3.63, 3.8) is 0 Å². The van der Waals surface area contributed by atoms with Crippen LogP contribution in [0.5, 0.6) is 0 Å². The summed E-state index contributed by atoms with van der Waals surface area (Å²) in [6.45, 7) is 10.7. The Bertz CT molecular complexity index is 509. The summed E-state index contributed by atoms with van der Waals surface area (Å²) in [7, 11) is 0. The molecule has 1 N–H and O–H groups in total. The third kappa shape index (κ3) is 6.70. The van der Waals surface area contributed by atoms with Gasteiger partial charge in [0.2, 0.25) is 5.91 Å². The first-order valence-corrected chi connectivity index (χ1v) is 8.37. The summed E-state index contributed by atoms with van der Waals surface area (Å²) in [5, 5.41) is 3.44. The molecule has 0 atom stereocenters. The smallest absolute Gasteiger partial charge is 0.219 e. The first kappa shape index (κ1) is 20.8. The van der Waals surface area contributed by atoms with Gasteiger partial charge in [0.25, 0.3) is 0 Å². The average molecular weight is 448 g/mol. The quantitative estimate of drug-likeness (QED) is 0.427. The minimum absolute atomic E-state index is 0. The Morgan fingerprint density at radius 3 is 2.50 bits per heavy atom. The number of nitrogens with one attached hydrogen (secondary N) is 1. The Morgan fingerprint density at radius 2 is 1.96 bits per heavy atom. The first-order chi connectivity index (χ1) is 11.1. The van der Waals surface area contributed by atoms with Gasteiger partial charge in [-0.25, -0.2) is 0 Å². The highest BCUT2D eigenvalue weighted by Gasteiger charge is 2.21. The zero-order chi connectivity index (χ0) is 16.7. The number of nitrogens with zero attached hydrogens (tertiary/aromatic N) is 3. The van der Waals surface area contributed by atoms with Crippen LogP contribution in [-0.4, -0.2) is 60.9 Å². The molecule has 0 spiro atoms. The molecule has 0 aliphatic carbocycles. The molecule has 1 aliphatic heterocycles.